The summed E-state index contributed by atoms with van der Waals surface area (Å²) in [6.45, 7) is 2.59. The van der Waals surface area contributed by atoms with Crippen molar-refractivity contribution in [3.63, 3.8) is 0 Å². The molecule has 0 radical (unpaired) electrons. The second-order valence-corrected chi connectivity index (χ2v) is 5.37. The average molecular weight is 272 g/mol. The Morgan fingerprint density at radius 3 is 2.93 bits per heavy atom. The zero-order valence-electron chi connectivity index (χ0n) is 7.71. The molecular weight excluding hydrogens is 262 g/mol. The molecule has 0 aliphatic rings. The maximum absolute atomic E-state index is 5.85. The normalized spacial score (nSPS) is 10.7. The van der Waals surface area contributed by atoms with E-state index in [0.717, 1.165) is 14.9 Å². The number of thiophene rings is 1. The minimum atomic E-state index is 0.641. The summed E-state index contributed by atoms with van der Waals surface area (Å²) in [6, 6.07) is 6.00. The maximum atomic E-state index is 5.85. The van der Waals surface area contributed by atoms with E-state index in [-0.39, 0.29) is 0 Å². The van der Waals surface area contributed by atoms with Crippen molar-refractivity contribution >= 4 is 43.0 Å². The van der Waals surface area contributed by atoms with Crippen LogP contribution in [-0.2, 0) is 0 Å². The first-order chi connectivity index (χ1) is 6.70. The summed E-state index contributed by atoms with van der Waals surface area (Å²) in [7, 11) is 0. The molecule has 4 heteroatoms. The third-order valence-corrected chi connectivity index (χ3v) is 3.52. The van der Waals surface area contributed by atoms with Crippen molar-refractivity contribution in [1.82, 2.24) is 0 Å². The Bertz CT molecular complexity index is 466. The van der Waals surface area contributed by atoms with Crippen molar-refractivity contribution in [2.24, 2.45) is 0 Å². The molecule has 2 nitrogen and oxygen atoms in total. The Kier molecular flexibility index (Phi) is 2.65. The van der Waals surface area contributed by atoms with Crippen LogP contribution in [0.4, 0.5) is 5.69 Å². The van der Waals surface area contributed by atoms with E-state index in [1.165, 1.54) is 4.70 Å². The van der Waals surface area contributed by atoms with E-state index >= 15 is 0 Å². The molecule has 0 spiro atoms. The number of anilines is 1. The van der Waals surface area contributed by atoms with Crippen LogP contribution in [0.25, 0.3) is 10.1 Å². The highest BCUT2D eigenvalue weighted by Crippen LogP contribution is 2.35. The number of hydrogen-bond donors (Lipinski definition) is 1. The number of ether oxygens (including phenoxy) is 1. The van der Waals surface area contributed by atoms with Gasteiger partial charge < -0.3 is 10.5 Å². The Morgan fingerprint density at radius 2 is 2.21 bits per heavy atom. The lowest BCUT2D eigenvalue weighted by molar-refractivity contribution is 0.342. The molecule has 0 unspecified atom stereocenters. The second kappa shape index (κ2) is 3.79. The molecule has 2 aromatic rings. The first kappa shape index (κ1) is 9.80. The first-order valence-electron chi connectivity index (χ1n) is 4.32. The van der Waals surface area contributed by atoms with E-state index in [2.05, 4.69) is 22.0 Å². The second-order valence-electron chi connectivity index (χ2n) is 2.91. The molecule has 74 valence electrons. The molecule has 2 rings (SSSR count). The molecule has 0 atom stereocenters. The van der Waals surface area contributed by atoms with Gasteiger partial charge in [-0.2, -0.15) is 0 Å². The van der Waals surface area contributed by atoms with Gasteiger partial charge in [0.25, 0.3) is 0 Å². The summed E-state index contributed by atoms with van der Waals surface area (Å²) in [4.78, 5) is 0. The van der Waals surface area contributed by atoms with Crippen LogP contribution in [0.15, 0.2) is 22.0 Å². The summed E-state index contributed by atoms with van der Waals surface area (Å²) < 4.78 is 7.72. The average Bonchev–Trinajstić information content (AvgIpc) is 2.45. The highest BCUT2D eigenvalue weighted by molar-refractivity contribution is 9.11. The number of nitrogens with two attached hydrogens (primary N) is 1. The molecule has 0 aliphatic heterocycles. The highest BCUT2D eigenvalue weighted by atomic mass is 79.9. The molecule has 1 aromatic carbocycles. The molecule has 1 heterocycles. The van der Waals surface area contributed by atoms with Crippen molar-refractivity contribution in [3.8, 4) is 5.75 Å². The third kappa shape index (κ3) is 1.72. The number of rotatable bonds is 2. The quantitative estimate of drug-likeness (QED) is 0.847. The molecular formula is C10H10BrNOS. The van der Waals surface area contributed by atoms with E-state index in [0.29, 0.717) is 12.3 Å². The molecule has 0 bridgehead atoms. The molecule has 2 N–H and O–H groups in total. The fraction of sp³-hybridized carbons (Fsp3) is 0.200. The highest BCUT2D eigenvalue weighted by Gasteiger charge is 2.05. The predicted octanol–water partition coefficient (Wildman–Crippen LogP) is 3.64. The Labute approximate surface area is 94.8 Å². The molecule has 0 fully saturated rings. The number of nitrogen functional groups attached to an aromatic ring is 1. The fourth-order valence-electron chi connectivity index (χ4n) is 1.33. The lowest BCUT2D eigenvalue weighted by Gasteiger charge is -2.05. The van der Waals surface area contributed by atoms with Crippen LogP contribution in [0, 0.1) is 0 Å². The van der Waals surface area contributed by atoms with Gasteiger partial charge in [-0.15, -0.1) is 11.3 Å². The zero-order chi connectivity index (χ0) is 10.1. The van der Waals surface area contributed by atoms with Gasteiger partial charge in [0, 0.05) is 10.8 Å². The van der Waals surface area contributed by atoms with E-state index < -0.39 is 0 Å². The van der Waals surface area contributed by atoms with Crippen LogP contribution in [0.2, 0.25) is 0 Å². The Hall–Kier alpha value is -0.740. The van der Waals surface area contributed by atoms with Crippen LogP contribution in [0.3, 0.4) is 0 Å². The van der Waals surface area contributed by atoms with Gasteiger partial charge in [0.15, 0.2) is 0 Å². The van der Waals surface area contributed by atoms with Crippen LogP contribution in [0.1, 0.15) is 6.92 Å². The summed E-state index contributed by atoms with van der Waals surface area (Å²) in [5.74, 6) is 0.773. The van der Waals surface area contributed by atoms with Crippen molar-refractivity contribution in [2.45, 2.75) is 6.92 Å². The number of fused-ring (bicyclic) bond motifs is 1. The Morgan fingerprint density at radius 1 is 1.43 bits per heavy atom. The van der Waals surface area contributed by atoms with Crippen LogP contribution >= 0.6 is 27.3 Å². The largest absolute Gasteiger partial charge is 0.492 e. The van der Waals surface area contributed by atoms with E-state index in [1.54, 1.807) is 11.3 Å². The number of halogens is 1. The fourth-order valence-corrected chi connectivity index (χ4v) is 2.90. The van der Waals surface area contributed by atoms with Crippen LogP contribution in [-0.4, -0.2) is 6.61 Å². The van der Waals surface area contributed by atoms with Crippen LogP contribution in [0.5, 0.6) is 5.75 Å². The predicted molar refractivity (Wildman–Crippen MR) is 65.1 cm³/mol. The summed E-state index contributed by atoms with van der Waals surface area (Å²) >= 11 is 5.13. The van der Waals surface area contributed by atoms with Crippen molar-refractivity contribution in [2.75, 3.05) is 12.3 Å². The summed E-state index contributed by atoms with van der Waals surface area (Å²) in [5, 5.41) is 1.16. The van der Waals surface area contributed by atoms with Gasteiger partial charge in [0.1, 0.15) is 5.75 Å². The standard InChI is InChI=1S/C10H10BrNOS/c1-2-13-8-5-9-6(3-7(8)12)4-10(11)14-9/h3-5H,2,12H2,1H3. The van der Waals surface area contributed by atoms with E-state index in [1.807, 2.05) is 19.1 Å². The summed E-state index contributed by atoms with van der Waals surface area (Å²) in [5.41, 5.74) is 6.55. The number of benzene rings is 1. The SMILES string of the molecule is CCOc1cc2sc(Br)cc2cc1N. The lowest BCUT2D eigenvalue weighted by atomic mass is 10.2. The van der Waals surface area contributed by atoms with Gasteiger partial charge in [0.2, 0.25) is 0 Å². The minimum absolute atomic E-state index is 0.641. The Balaban J connectivity index is 2.58. The number of hydrogen-bond acceptors (Lipinski definition) is 3. The van der Waals surface area contributed by atoms with Crippen LogP contribution < -0.4 is 10.5 Å². The van der Waals surface area contributed by atoms with E-state index in [4.69, 9.17) is 10.5 Å². The lowest BCUT2D eigenvalue weighted by Crippen LogP contribution is -1.95. The third-order valence-electron chi connectivity index (χ3n) is 1.92. The van der Waals surface area contributed by atoms with E-state index in [9.17, 15) is 0 Å². The topological polar surface area (TPSA) is 35.2 Å². The minimum Gasteiger partial charge on any atom is -0.492 e. The molecule has 14 heavy (non-hydrogen) atoms. The maximum Gasteiger partial charge on any atom is 0.143 e. The molecule has 1 aromatic heterocycles. The van der Waals surface area contributed by atoms with Gasteiger partial charge in [-0.05, 0) is 40.4 Å². The van der Waals surface area contributed by atoms with Crippen molar-refractivity contribution in [1.29, 1.82) is 0 Å². The molecule has 0 saturated carbocycles. The molecule has 0 aliphatic carbocycles. The monoisotopic (exact) mass is 271 g/mol. The first-order valence-corrected chi connectivity index (χ1v) is 5.93. The van der Waals surface area contributed by atoms with Gasteiger partial charge in [-0.3, -0.25) is 0 Å². The molecule has 0 amide bonds. The van der Waals surface area contributed by atoms with Gasteiger partial charge in [0.05, 0.1) is 16.1 Å². The summed E-state index contributed by atoms with van der Waals surface area (Å²) in [6.07, 6.45) is 0. The van der Waals surface area contributed by atoms with Gasteiger partial charge >= 0.3 is 0 Å². The smallest absolute Gasteiger partial charge is 0.143 e. The zero-order valence-corrected chi connectivity index (χ0v) is 10.1. The molecule has 0 saturated heterocycles. The van der Waals surface area contributed by atoms with Crippen molar-refractivity contribution < 1.29 is 4.74 Å². The van der Waals surface area contributed by atoms with Crippen molar-refractivity contribution in [3.05, 3.63) is 22.0 Å². The van der Waals surface area contributed by atoms with Gasteiger partial charge in [-0.1, -0.05) is 0 Å². The van der Waals surface area contributed by atoms with Gasteiger partial charge in [-0.25, -0.2) is 0 Å².